The van der Waals surface area contributed by atoms with E-state index in [0.29, 0.717) is 6.04 Å². The number of thioether (sulfide) groups is 1. The first-order valence-electron chi connectivity index (χ1n) is 6.97. The molecule has 1 atom stereocenters. The molecule has 3 nitrogen and oxygen atoms in total. The van der Waals surface area contributed by atoms with Gasteiger partial charge < -0.3 is 9.88 Å². The van der Waals surface area contributed by atoms with Gasteiger partial charge in [-0.1, -0.05) is 30.3 Å². The third kappa shape index (κ3) is 2.32. The van der Waals surface area contributed by atoms with Crippen LogP contribution in [-0.4, -0.2) is 15.3 Å². The highest BCUT2D eigenvalue weighted by Crippen LogP contribution is 2.40. The summed E-state index contributed by atoms with van der Waals surface area (Å²) in [5, 5.41) is 3.68. The van der Waals surface area contributed by atoms with Crippen molar-refractivity contribution in [3.8, 4) is 5.69 Å². The molecule has 2 aromatic carbocycles. The molecule has 0 saturated carbocycles. The molecule has 104 valence electrons. The van der Waals surface area contributed by atoms with Crippen LogP contribution in [-0.2, 0) is 0 Å². The lowest BCUT2D eigenvalue weighted by Crippen LogP contribution is -2.11. The molecule has 0 bridgehead atoms. The summed E-state index contributed by atoms with van der Waals surface area (Å²) in [6.45, 7) is 0. The molecule has 2 heterocycles. The van der Waals surface area contributed by atoms with E-state index in [1.807, 2.05) is 28.9 Å². The summed E-state index contributed by atoms with van der Waals surface area (Å²) in [7, 11) is 0. The lowest BCUT2D eigenvalue weighted by Gasteiger charge is -2.18. The average Bonchev–Trinajstić information content (AvgIpc) is 3.18. The van der Waals surface area contributed by atoms with Crippen molar-refractivity contribution in [2.75, 3.05) is 11.1 Å². The Morgan fingerprint density at radius 2 is 1.95 bits per heavy atom. The number of nitrogens with zero attached hydrogens (tertiary/aromatic N) is 2. The van der Waals surface area contributed by atoms with Crippen molar-refractivity contribution in [3.63, 3.8) is 0 Å². The van der Waals surface area contributed by atoms with Gasteiger partial charge in [0.15, 0.2) is 0 Å². The maximum Gasteiger partial charge on any atom is 0.0992 e. The van der Waals surface area contributed by atoms with E-state index >= 15 is 0 Å². The second-order valence-electron chi connectivity index (χ2n) is 5.03. The summed E-state index contributed by atoms with van der Waals surface area (Å²) < 4.78 is 2.04. The van der Waals surface area contributed by atoms with Crippen LogP contribution in [0.5, 0.6) is 0 Å². The number of rotatable bonds is 3. The highest BCUT2D eigenvalue weighted by molar-refractivity contribution is 7.99. The van der Waals surface area contributed by atoms with Gasteiger partial charge in [0.05, 0.1) is 23.7 Å². The van der Waals surface area contributed by atoms with E-state index in [4.69, 9.17) is 0 Å². The Labute approximate surface area is 128 Å². The SMILES string of the molecule is c1ccc(-n2ccnc2)c(NC2CSc3ccccc32)c1. The van der Waals surface area contributed by atoms with Gasteiger partial charge in [-0.3, -0.25) is 0 Å². The second kappa shape index (κ2) is 5.30. The summed E-state index contributed by atoms with van der Waals surface area (Å²) in [6, 6.07) is 17.3. The Kier molecular flexibility index (Phi) is 3.16. The summed E-state index contributed by atoms with van der Waals surface area (Å²) in [5.41, 5.74) is 3.66. The summed E-state index contributed by atoms with van der Waals surface area (Å²) in [6.07, 6.45) is 5.60. The fourth-order valence-electron chi connectivity index (χ4n) is 2.69. The molecule has 4 heteroatoms. The lowest BCUT2D eigenvalue weighted by atomic mass is 10.1. The van der Waals surface area contributed by atoms with Gasteiger partial charge in [-0.15, -0.1) is 11.8 Å². The van der Waals surface area contributed by atoms with Crippen molar-refractivity contribution >= 4 is 17.4 Å². The molecule has 1 unspecified atom stereocenters. The number of nitrogens with one attached hydrogen (secondary N) is 1. The fourth-order valence-corrected chi connectivity index (χ4v) is 3.85. The lowest BCUT2D eigenvalue weighted by molar-refractivity contribution is 0.894. The number of hydrogen-bond donors (Lipinski definition) is 1. The van der Waals surface area contributed by atoms with Gasteiger partial charge in [0.1, 0.15) is 0 Å². The predicted molar refractivity (Wildman–Crippen MR) is 87.1 cm³/mol. The zero-order valence-electron chi connectivity index (χ0n) is 11.4. The van der Waals surface area contributed by atoms with Gasteiger partial charge in [0, 0.05) is 23.0 Å². The average molecular weight is 293 g/mol. The normalized spacial score (nSPS) is 16.7. The van der Waals surface area contributed by atoms with Crippen LogP contribution in [0.1, 0.15) is 11.6 Å². The minimum Gasteiger partial charge on any atom is -0.376 e. The Hall–Kier alpha value is -2.20. The summed E-state index contributed by atoms with van der Waals surface area (Å²) >= 11 is 1.92. The molecule has 1 aliphatic heterocycles. The van der Waals surface area contributed by atoms with Gasteiger partial charge in [-0.25, -0.2) is 4.98 Å². The van der Waals surface area contributed by atoms with E-state index in [1.54, 1.807) is 6.20 Å². The van der Waals surface area contributed by atoms with Gasteiger partial charge in [-0.2, -0.15) is 0 Å². The van der Waals surface area contributed by atoms with Crippen molar-refractivity contribution in [1.82, 2.24) is 9.55 Å². The largest absolute Gasteiger partial charge is 0.376 e. The third-order valence-electron chi connectivity index (χ3n) is 3.72. The van der Waals surface area contributed by atoms with Gasteiger partial charge in [0.25, 0.3) is 0 Å². The van der Waals surface area contributed by atoms with E-state index in [-0.39, 0.29) is 0 Å². The molecule has 0 saturated heterocycles. The highest BCUT2D eigenvalue weighted by atomic mass is 32.2. The van der Waals surface area contributed by atoms with Crippen molar-refractivity contribution in [2.45, 2.75) is 10.9 Å². The van der Waals surface area contributed by atoms with E-state index in [0.717, 1.165) is 17.1 Å². The van der Waals surface area contributed by atoms with E-state index in [2.05, 4.69) is 58.8 Å². The van der Waals surface area contributed by atoms with Crippen molar-refractivity contribution in [2.24, 2.45) is 0 Å². The van der Waals surface area contributed by atoms with Crippen molar-refractivity contribution in [1.29, 1.82) is 0 Å². The Bertz CT molecular complexity index is 752. The van der Waals surface area contributed by atoms with Crippen LogP contribution in [0.4, 0.5) is 5.69 Å². The van der Waals surface area contributed by atoms with Gasteiger partial charge in [0.2, 0.25) is 0 Å². The Balaban J connectivity index is 1.67. The summed E-state index contributed by atoms with van der Waals surface area (Å²) in [5.74, 6) is 1.07. The zero-order chi connectivity index (χ0) is 14.1. The molecule has 4 rings (SSSR count). The number of anilines is 1. The fraction of sp³-hybridized carbons (Fsp3) is 0.118. The molecule has 3 aromatic rings. The van der Waals surface area contributed by atoms with Crippen LogP contribution in [0.2, 0.25) is 0 Å². The van der Waals surface area contributed by atoms with Crippen molar-refractivity contribution in [3.05, 3.63) is 72.8 Å². The number of imidazole rings is 1. The molecular formula is C17H15N3S. The van der Waals surface area contributed by atoms with Crippen LogP contribution in [0.3, 0.4) is 0 Å². The smallest absolute Gasteiger partial charge is 0.0992 e. The van der Waals surface area contributed by atoms with Crippen LogP contribution in [0.25, 0.3) is 5.69 Å². The third-order valence-corrected chi connectivity index (χ3v) is 4.90. The molecule has 0 fully saturated rings. The first-order chi connectivity index (χ1) is 10.4. The minimum atomic E-state index is 0.357. The predicted octanol–water partition coefficient (Wildman–Crippen LogP) is 4.13. The highest BCUT2D eigenvalue weighted by Gasteiger charge is 2.23. The van der Waals surface area contributed by atoms with Crippen LogP contribution in [0.15, 0.2) is 72.1 Å². The zero-order valence-corrected chi connectivity index (χ0v) is 12.3. The Morgan fingerprint density at radius 1 is 1.10 bits per heavy atom. The Morgan fingerprint density at radius 3 is 2.86 bits per heavy atom. The van der Waals surface area contributed by atoms with Crippen molar-refractivity contribution < 1.29 is 0 Å². The number of aromatic nitrogens is 2. The topological polar surface area (TPSA) is 29.9 Å². The number of benzene rings is 2. The number of para-hydroxylation sites is 2. The van der Waals surface area contributed by atoms with Gasteiger partial charge in [-0.05, 0) is 23.8 Å². The first-order valence-corrected chi connectivity index (χ1v) is 7.96. The van der Waals surface area contributed by atoms with E-state index < -0.39 is 0 Å². The van der Waals surface area contributed by atoms with E-state index in [1.165, 1.54) is 10.5 Å². The molecule has 0 amide bonds. The van der Waals surface area contributed by atoms with Crippen LogP contribution >= 0.6 is 11.8 Å². The maximum absolute atomic E-state index is 4.14. The number of fused-ring (bicyclic) bond motifs is 1. The number of hydrogen-bond acceptors (Lipinski definition) is 3. The van der Waals surface area contributed by atoms with E-state index in [9.17, 15) is 0 Å². The van der Waals surface area contributed by atoms with Crippen LogP contribution in [0, 0.1) is 0 Å². The molecule has 0 spiro atoms. The van der Waals surface area contributed by atoms with Crippen LogP contribution < -0.4 is 5.32 Å². The van der Waals surface area contributed by atoms with Gasteiger partial charge >= 0.3 is 0 Å². The summed E-state index contributed by atoms with van der Waals surface area (Å²) in [4.78, 5) is 5.52. The first kappa shape index (κ1) is 12.5. The molecule has 1 N–H and O–H groups in total. The molecule has 0 aliphatic carbocycles. The standard InChI is InChI=1S/C17H15N3S/c1-4-8-17-13(5-1)15(11-21-17)19-14-6-2-3-7-16(14)20-10-9-18-12-20/h1-10,12,15,19H,11H2. The monoisotopic (exact) mass is 293 g/mol. The molecule has 1 aliphatic rings. The second-order valence-corrected chi connectivity index (χ2v) is 6.09. The minimum absolute atomic E-state index is 0.357. The molecule has 0 radical (unpaired) electrons. The molecule has 1 aromatic heterocycles. The molecular weight excluding hydrogens is 278 g/mol. The maximum atomic E-state index is 4.14. The molecule has 21 heavy (non-hydrogen) atoms. The quantitative estimate of drug-likeness (QED) is 0.787.